The summed E-state index contributed by atoms with van der Waals surface area (Å²) in [5.74, 6) is 1.18. The van der Waals surface area contributed by atoms with E-state index in [0.717, 1.165) is 18.8 Å². The maximum Gasteiger partial charge on any atom is 0.226 e. The first-order valence-electron chi connectivity index (χ1n) is 9.63. The van der Waals surface area contributed by atoms with Crippen LogP contribution in [-0.2, 0) is 4.79 Å². The van der Waals surface area contributed by atoms with Gasteiger partial charge in [0.15, 0.2) is 0 Å². The zero-order valence-electron chi connectivity index (χ0n) is 17.5. The number of nitrogens with one attached hydrogen (secondary N) is 2. The van der Waals surface area contributed by atoms with Gasteiger partial charge in [0.25, 0.3) is 0 Å². The lowest BCUT2D eigenvalue weighted by Gasteiger charge is -2.22. The number of nitrogens with zero attached hydrogens (tertiary/aromatic N) is 1. The van der Waals surface area contributed by atoms with Crippen LogP contribution in [0.4, 0.5) is 17.1 Å². The van der Waals surface area contributed by atoms with Crippen LogP contribution in [0.25, 0.3) is 0 Å². The minimum absolute atomic E-state index is 0.0866. The van der Waals surface area contributed by atoms with Crippen molar-refractivity contribution in [3.05, 3.63) is 42.0 Å². The molecule has 28 heavy (non-hydrogen) atoms. The van der Waals surface area contributed by atoms with Crippen molar-refractivity contribution in [2.75, 3.05) is 49.4 Å². The Labute approximate surface area is 167 Å². The maximum atomic E-state index is 12.3. The molecular weight excluding hydrogens is 354 g/mol. The van der Waals surface area contributed by atoms with Crippen LogP contribution in [0.5, 0.6) is 11.5 Å². The number of carbonyl (C=O) groups is 1. The molecule has 0 aliphatic heterocycles. The van der Waals surface area contributed by atoms with Crippen LogP contribution in [0, 0.1) is 6.92 Å². The fourth-order valence-electron chi connectivity index (χ4n) is 3.07. The van der Waals surface area contributed by atoms with Crippen molar-refractivity contribution in [1.29, 1.82) is 0 Å². The van der Waals surface area contributed by atoms with Crippen molar-refractivity contribution in [1.82, 2.24) is 0 Å². The lowest BCUT2D eigenvalue weighted by Crippen LogP contribution is -2.22. The molecule has 2 rings (SSSR count). The normalized spacial score (nSPS) is 10.3. The molecule has 2 aromatic rings. The molecule has 0 aliphatic rings. The minimum atomic E-state index is -0.0866. The van der Waals surface area contributed by atoms with Crippen LogP contribution >= 0.6 is 0 Å². The zero-order chi connectivity index (χ0) is 20.5. The highest BCUT2D eigenvalue weighted by Crippen LogP contribution is 2.29. The van der Waals surface area contributed by atoms with Crippen LogP contribution < -0.4 is 25.0 Å². The maximum absolute atomic E-state index is 12.3. The van der Waals surface area contributed by atoms with Crippen LogP contribution in [0.1, 0.15) is 25.8 Å². The molecule has 0 radical (unpaired) electrons. The van der Waals surface area contributed by atoms with E-state index < -0.39 is 0 Å². The number of carbonyl (C=O) groups excluding carboxylic acids is 1. The molecule has 152 valence electrons. The summed E-state index contributed by atoms with van der Waals surface area (Å²) in [6.45, 7) is 8.90. The van der Waals surface area contributed by atoms with Crippen LogP contribution in [0.3, 0.4) is 0 Å². The molecule has 0 saturated heterocycles. The van der Waals surface area contributed by atoms with E-state index in [1.807, 2.05) is 0 Å². The second-order valence-corrected chi connectivity index (χ2v) is 6.46. The number of hydrogen-bond donors (Lipinski definition) is 2. The Kier molecular flexibility index (Phi) is 7.99. The predicted molar refractivity (Wildman–Crippen MR) is 116 cm³/mol. The van der Waals surface area contributed by atoms with E-state index in [2.05, 4.69) is 54.5 Å². The molecule has 0 atom stereocenters. The molecule has 0 aromatic heterocycles. The molecule has 2 aromatic carbocycles. The first kappa shape index (κ1) is 21.4. The Bertz CT molecular complexity index is 789. The molecule has 0 aliphatic carbocycles. The van der Waals surface area contributed by atoms with Gasteiger partial charge in [0.1, 0.15) is 11.5 Å². The molecule has 1 amide bonds. The lowest BCUT2D eigenvalue weighted by atomic mass is 10.1. The standard InChI is InChI=1S/C22H31N3O3/c1-6-25(7-2)17-8-10-19(16(3)14-17)23-13-12-22(26)24-20-15-18(27-4)9-11-21(20)28-5/h8-11,14-15,23H,6-7,12-13H2,1-5H3,(H,24,26). The number of ether oxygens (including phenoxy) is 2. The van der Waals surface area contributed by atoms with E-state index in [1.165, 1.54) is 11.3 Å². The van der Waals surface area contributed by atoms with E-state index in [1.54, 1.807) is 32.4 Å². The second-order valence-electron chi connectivity index (χ2n) is 6.46. The monoisotopic (exact) mass is 385 g/mol. The molecule has 0 fully saturated rings. The molecular formula is C22H31N3O3. The summed E-state index contributed by atoms with van der Waals surface area (Å²) < 4.78 is 10.5. The minimum Gasteiger partial charge on any atom is -0.497 e. The Morgan fingerprint density at radius 2 is 1.75 bits per heavy atom. The van der Waals surface area contributed by atoms with E-state index in [9.17, 15) is 4.79 Å². The van der Waals surface area contributed by atoms with Crippen LogP contribution in [0.2, 0.25) is 0 Å². The highest BCUT2D eigenvalue weighted by Gasteiger charge is 2.10. The molecule has 0 spiro atoms. The van der Waals surface area contributed by atoms with Crippen molar-refractivity contribution in [3.63, 3.8) is 0 Å². The fraction of sp³-hybridized carbons (Fsp3) is 0.409. The van der Waals surface area contributed by atoms with Gasteiger partial charge >= 0.3 is 0 Å². The summed E-state index contributed by atoms with van der Waals surface area (Å²) in [6, 6.07) is 11.7. The van der Waals surface area contributed by atoms with Crippen molar-refractivity contribution >= 4 is 23.0 Å². The van der Waals surface area contributed by atoms with Gasteiger partial charge in [0, 0.05) is 43.5 Å². The average Bonchev–Trinajstić information content (AvgIpc) is 2.70. The second kappa shape index (κ2) is 10.4. The summed E-state index contributed by atoms with van der Waals surface area (Å²) >= 11 is 0. The topological polar surface area (TPSA) is 62.8 Å². The molecule has 0 unspecified atom stereocenters. The predicted octanol–water partition coefficient (Wildman–Crippen LogP) is 4.30. The third-order valence-electron chi connectivity index (χ3n) is 4.69. The highest BCUT2D eigenvalue weighted by atomic mass is 16.5. The van der Waals surface area contributed by atoms with Gasteiger partial charge in [-0.1, -0.05) is 0 Å². The van der Waals surface area contributed by atoms with Crippen LogP contribution in [0.15, 0.2) is 36.4 Å². The SMILES string of the molecule is CCN(CC)c1ccc(NCCC(=O)Nc2cc(OC)ccc2OC)c(C)c1. The van der Waals surface area contributed by atoms with Crippen molar-refractivity contribution in [2.24, 2.45) is 0 Å². The molecule has 2 N–H and O–H groups in total. The lowest BCUT2D eigenvalue weighted by molar-refractivity contribution is -0.116. The number of amides is 1. The van der Waals surface area contributed by atoms with Crippen molar-refractivity contribution < 1.29 is 14.3 Å². The number of methoxy groups -OCH3 is 2. The van der Waals surface area contributed by atoms with Gasteiger partial charge in [-0.2, -0.15) is 0 Å². The number of hydrogen-bond acceptors (Lipinski definition) is 5. The van der Waals surface area contributed by atoms with Gasteiger partial charge in [-0.25, -0.2) is 0 Å². The Morgan fingerprint density at radius 1 is 1.00 bits per heavy atom. The van der Waals surface area contributed by atoms with E-state index >= 15 is 0 Å². The Hall–Kier alpha value is -2.89. The summed E-state index contributed by atoms with van der Waals surface area (Å²) in [5, 5.41) is 6.23. The summed E-state index contributed by atoms with van der Waals surface area (Å²) in [5.41, 5.74) is 4.03. The Morgan fingerprint density at radius 3 is 2.36 bits per heavy atom. The molecule has 0 heterocycles. The third kappa shape index (κ3) is 5.55. The Balaban J connectivity index is 1.92. The first-order valence-corrected chi connectivity index (χ1v) is 9.63. The van der Waals surface area contributed by atoms with Gasteiger partial charge < -0.3 is 25.0 Å². The summed E-state index contributed by atoms with van der Waals surface area (Å²) in [7, 11) is 3.16. The largest absolute Gasteiger partial charge is 0.497 e. The molecule has 6 heteroatoms. The van der Waals surface area contributed by atoms with Gasteiger partial charge in [-0.05, 0) is 56.7 Å². The summed E-state index contributed by atoms with van der Waals surface area (Å²) in [4.78, 5) is 14.6. The van der Waals surface area contributed by atoms with Gasteiger partial charge in [0.2, 0.25) is 5.91 Å². The van der Waals surface area contributed by atoms with Gasteiger partial charge in [-0.3, -0.25) is 4.79 Å². The zero-order valence-corrected chi connectivity index (χ0v) is 17.5. The molecule has 6 nitrogen and oxygen atoms in total. The third-order valence-corrected chi connectivity index (χ3v) is 4.69. The van der Waals surface area contributed by atoms with E-state index in [4.69, 9.17) is 9.47 Å². The van der Waals surface area contributed by atoms with E-state index in [-0.39, 0.29) is 5.91 Å². The quantitative estimate of drug-likeness (QED) is 0.638. The van der Waals surface area contributed by atoms with Gasteiger partial charge in [-0.15, -0.1) is 0 Å². The highest BCUT2D eigenvalue weighted by molar-refractivity contribution is 5.92. The number of benzene rings is 2. The fourth-order valence-corrected chi connectivity index (χ4v) is 3.07. The smallest absolute Gasteiger partial charge is 0.226 e. The van der Waals surface area contributed by atoms with Crippen molar-refractivity contribution in [3.8, 4) is 11.5 Å². The van der Waals surface area contributed by atoms with E-state index in [0.29, 0.717) is 30.2 Å². The first-order chi connectivity index (χ1) is 13.5. The summed E-state index contributed by atoms with van der Waals surface area (Å²) in [6.07, 6.45) is 0.345. The van der Waals surface area contributed by atoms with Crippen molar-refractivity contribution in [2.45, 2.75) is 27.2 Å². The van der Waals surface area contributed by atoms with Gasteiger partial charge in [0.05, 0.1) is 19.9 Å². The number of aryl methyl sites for hydroxylation is 1. The number of rotatable bonds is 10. The van der Waals surface area contributed by atoms with Crippen LogP contribution in [-0.4, -0.2) is 39.8 Å². The molecule has 0 saturated carbocycles. The number of anilines is 3. The molecule has 0 bridgehead atoms. The average molecular weight is 386 g/mol.